The van der Waals surface area contributed by atoms with Crippen molar-refractivity contribution in [2.45, 2.75) is 13.5 Å². The molecule has 0 unspecified atom stereocenters. The van der Waals surface area contributed by atoms with Gasteiger partial charge in [0.25, 0.3) is 5.91 Å². The van der Waals surface area contributed by atoms with Gasteiger partial charge in [-0.1, -0.05) is 30.3 Å². The summed E-state index contributed by atoms with van der Waals surface area (Å²) < 4.78 is 11.1. The predicted octanol–water partition coefficient (Wildman–Crippen LogP) is 1.74. The standard InChI is InChI=1S/C21H18N2O6S/c1-12(24)22-21-23-19(25)18(30-21)10-14-5-8-16(17(9-14)28-2)29-11-13-3-6-15(7-4-13)20(26)27/h3-10H,11H2,1-2H3,(H,26,27)(H,22,23,24,25)/p-1/b18-10+. The normalized spacial score (nSPS) is 14.4. The third-order valence-electron chi connectivity index (χ3n) is 3.97. The Morgan fingerprint density at radius 1 is 1.17 bits per heavy atom. The number of nitrogens with one attached hydrogen (secondary N) is 1. The van der Waals surface area contributed by atoms with Gasteiger partial charge in [0.15, 0.2) is 16.7 Å². The Morgan fingerprint density at radius 2 is 1.90 bits per heavy atom. The minimum absolute atomic E-state index is 0.0960. The fraction of sp³-hybridized carbons (Fsp3) is 0.143. The Hall–Kier alpha value is -3.59. The molecule has 2 amide bonds. The lowest BCUT2D eigenvalue weighted by atomic mass is 10.1. The minimum Gasteiger partial charge on any atom is -0.545 e. The van der Waals surface area contributed by atoms with Crippen molar-refractivity contribution >= 4 is 40.8 Å². The quantitative estimate of drug-likeness (QED) is 0.701. The minimum atomic E-state index is -1.23. The van der Waals surface area contributed by atoms with E-state index >= 15 is 0 Å². The predicted molar refractivity (Wildman–Crippen MR) is 110 cm³/mol. The molecule has 8 nitrogen and oxygen atoms in total. The first kappa shape index (κ1) is 21.1. The van der Waals surface area contributed by atoms with Crippen LogP contribution in [0.1, 0.15) is 28.4 Å². The largest absolute Gasteiger partial charge is 0.545 e. The molecule has 154 valence electrons. The maximum atomic E-state index is 12.0. The molecule has 0 fully saturated rings. The smallest absolute Gasteiger partial charge is 0.286 e. The summed E-state index contributed by atoms with van der Waals surface area (Å²) in [7, 11) is 1.50. The second-order valence-corrected chi connectivity index (χ2v) is 7.23. The summed E-state index contributed by atoms with van der Waals surface area (Å²) >= 11 is 1.08. The van der Waals surface area contributed by atoms with Gasteiger partial charge < -0.3 is 24.7 Å². The van der Waals surface area contributed by atoms with Crippen molar-refractivity contribution < 1.29 is 29.0 Å². The van der Waals surface area contributed by atoms with E-state index in [1.807, 2.05) is 0 Å². The number of carboxylic acid groups (broad SMARTS) is 1. The van der Waals surface area contributed by atoms with Crippen molar-refractivity contribution in [3.05, 3.63) is 64.1 Å². The number of carbonyl (C=O) groups excluding carboxylic acids is 3. The average Bonchev–Trinajstić information content (AvgIpc) is 3.05. The summed E-state index contributed by atoms with van der Waals surface area (Å²) in [5.74, 6) is -1.00. The maximum Gasteiger partial charge on any atom is 0.286 e. The number of hydrogen-bond donors (Lipinski definition) is 1. The van der Waals surface area contributed by atoms with Crippen LogP contribution in [0.4, 0.5) is 0 Å². The van der Waals surface area contributed by atoms with Crippen LogP contribution in [0.5, 0.6) is 11.5 Å². The van der Waals surface area contributed by atoms with Crippen LogP contribution in [0.3, 0.4) is 0 Å². The van der Waals surface area contributed by atoms with E-state index in [1.54, 1.807) is 36.4 Å². The first-order valence-electron chi connectivity index (χ1n) is 8.77. The zero-order valence-corrected chi connectivity index (χ0v) is 16.9. The molecule has 1 aliphatic rings. The Bertz CT molecular complexity index is 1060. The van der Waals surface area contributed by atoms with Crippen molar-refractivity contribution in [3.8, 4) is 11.5 Å². The molecule has 0 bridgehead atoms. The van der Waals surface area contributed by atoms with Gasteiger partial charge in [-0.3, -0.25) is 9.59 Å². The van der Waals surface area contributed by atoms with Gasteiger partial charge in [0.05, 0.1) is 18.0 Å². The van der Waals surface area contributed by atoms with E-state index in [0.29, 0.717) is 22.0 Å². The van der Waals surface area contributed by atoms with Gasteiger partial charge >= 0.3 is 0 Å². The third-order valence-corrected chi connectivity index (χ3v) is 4.87. The zero-order chi connectivity index (χ0) is 21.7. The second-order valence-electron chi connectivity index (χ2n) is 6.20. The molecule has 1 N–H and O–H groups in total. The lowest BCUT2D eigenvalue weighted by molar-refractivity contribution is -0.255. The SMILES string of the molecule is COc1cc(/C=C2/SC(NC(C)=O)=NC2=O)ccc1OCc1ccc(C(=O)[O-])cc1. The number of carbonyl (C=O) groups is 3. The Labute approximate surface area is 176 Å². The van der Waals surface area contributed by atoms with Crippen molar-refractivity contribution in [2.75, 3.05) is 7.11 Å². The number of rotatable bonds is 6. The van der Waals surface area contributed by atoms with Crippen LogP contribution >= 0.6 is 11.8 Å². The van der Waals surface area contributed by atoms with Gasteiger partial charge in [0.2, 0.25) is 5.91 Å². The molecule has 0 radical (unpaired) electrons. The van der Waals surface area contributed by atoms with E-state index in [-0.39, 0.29) is 23.2 Å². The molecule has 0 aliphatic carbocycles. The van der Waals surface area contributed by atoms with E-state index in [4.69, 9.17) is 9.47 Å². The maximum absolute atomic E-state index is 12.0. The van der Waals surface area contributed by atoms with Crippen LogP contribution in [-0.2, 0) is 16.2 Å². The summed E-state index contributed by atoms with van der Waals surface area (Å²) in [6.45, 7) is 1.56. The number of thioether (sulfide) groups is 1. The van der Waals surface area contributed by atoms with E-state index in [0.717, 1.165) is 17.3 Å². The average molecular weight is 425 g/mol. The molecular weight excluding hydrogens is 408 g/mol. The number of methoxy groups -OCH3 is 1. The van der Waals surface area contributed by atoms with Gasteiger partial charge in [-0.15, -0.1) is 0 Å². The molecule has 1 aliphatic heterocycles. The number of aliphatic imine (C=N–C) groups is 1. The van der Waals surface area contributed by atoms with Crippen molar-refractivity contribution in [1.29, 1.82) is 0 Å². The number of nitrogens with zero attached hydrogens (tertiary/aromatic N) is 1. The van der Waals surface area contributed by atoms with Gasteiger partial charge in [-0.05, 0) is 46.7 Å². The third kappa shape index (κ3) is 5.26. The fourth-order valence-electron chi connectivity index (χ4n) is 2.56. The summed E-state index contributed by atoms with van der Waals surface area (Å²) in [5.41, 5.74) is 1.58. The topological polar surface area (TPSA) is 117 Å². The molecule has 30 heavy (non-hydrogen) atoms. The molecule has 2 aromatic carbocycles. The number of aromatic carboxylic acids is 1. The van der Waals surface area contributed by atoms with Gasteiger partial charge in [0.1, 0.15) is 6.61 Å². The Kier molecular flexibility index (Phi) is 6.53. The number of benzene rings is 2. The molecular formula is C21H17N2O6S-. The highest BCUT2D eigenvalue weighted by Crippen LogP contribution is 2.32. The van der Waals surface area contributed by atoms with Gasteiger partial charge in [0, 0.05) is 6.92 Å². The van der Waals surface area contributed by atoms with Crippen LogP contribution in [0.2, 0.25) is 0 Å². The molecule has 3 rings (SSSR count). The molecule has 9 heteroatoms. The van der Waals surface area contributed by atoms with E-state index in [1.165, 1.54) is 26.2 Å². The molecule has 1 heterocycles. The number of ether oxygens (including phenoxy) is 2. The molecule has 0 aromatic heterocycles. The van der Waals surface area contributed by atoms with Crippen LogP contribution in [0.15, 0.2) is 52.4 Å². The number of amidine groups is 1. The van der Waals surface area contributed by atoms with E-state index in [9.17, 15) is 19.5 Å². The van der Waals surface area contributed by atoms with Gasteiger partial charge in [-0.2, -0.15) is 4.99 Å². The summed E-state index contributed by atoms with van der Waals surface area (Å²) in [5, 5.41) is 13.5. The van der Waals surface area contributed by atoms with Crippen molar-refractivity contribution in [2.24, 2.45) is 4.99 Å². The summed E-state index contributed by atoms with van der Waals surface area (Å²) in [6, 6.07) is 11.4. The first-order valence-corrected chi connectivity index (χ1v) is 9.58. The zero-order valence-electron chi connectivity index (χ0n) is 16.1. The fourth-order valence-corrected chi connectivity index (χ4v) is 3.42. The lowest BCUT2D eigenvalue weighted by Gasteiger charge is -2.12. The Morgan fingerprint density at radius 3 is 2.53 bits per heavy atom. The molecule has 2 aromatic rings. The monoisotopic (exact) mass is 425 g/mol. The Balaban J connectivity index is 1.70. The summed E-state index contributed by atoms with van der Waals surface area (Å²) in [4.78, 5) is 38.1. The van der Waals surface area contributed by atoms with Crippen LogP contribution in [0.25, 0.3) is 6.08 Å². The lowest BCUT2D eigenvalue weighted by Crippen LogP contribution is -2.23. The van der Waals surface area contributed by atoms with E-state index < -0.39 is 11.9 Å². The number of amides is 2. The second kappa shape index (κ2) is 9.27. The molecule has 0 saturated carbocycles. The molecule has 0 spiro atoms. The van der Waals surface area contributed by atoms with Gasteiger partial charge in [-0.25, -0.2) is 0 Å². The van der Waals surface area contributed by atoms with Crippen molar-refractivity contribution in [3.63, 3.8) is 0 Å². The highest BCUT2D eigenvalue weighted by molar-refractivity contribution is 8.18. The molecule has 0 atom stereocenters. The van der Waals surface area contributed by atoms with Crippen LogP contribution in [-0.4, -0.2) is 30.1 Å². The highest BCUT2D eigenvalue weighted by Gasteiger charge is 2.22. The first-order chi connectivity index (χ1) is 14.4. The van der Waals surface area contributed by atoms with Crippen LogP contribution < -0.4 is 19.9 Å². The number of hydrogen-bond acceptors (Lipinski definition) is 7. The van der Waals surface area contributed by atoms with Crippen LogP contribution in [0, 0.1) is 0 Å². The summed E-state index contributed by atoms with van der Waals surface area (Å²) in [6.07, 6.45) is 1.65. The van der Waals surface area contributed by atoms with E-state index in [2.05, 4.69) is 10.3 Å². The highest BCUT2D eigenvalue weighted by atomic mass is 32.2. The number of carboxylic acids is 1. The molecule has 0 saturated heterocycles. The van der Waals surface area contributed by atoms with Crippen molar-refractivity contribution in [1.82, 2.24) is 5.32 Å².